The van der Waals surface area contributed by atoms with Gasteiger partial charge in [-0.15, -0.1) is 0 Å². The highest BCUT2D eigenvalue weighted by molar-refractivity contribution is 6.23. The van der Waals surface area contributed by atoms with Crippen molar-refractivity contribution in [2.75, 3.05) is 37.7 Å². The monoisotopic (exact) mass is 547 g/mol. The van der Waals surface area contributed by atoms with Gasteiger partial charge in [-0.1, -0.05) is 0 Å². The van der Waals surface area contributed by atoms with E-state index in [0.29, 0.717) is 43.4 Å². The summed E-state index contributed by atoms with van der Waals surface area (Å²) in [6.45, 7) is 2.57. The lowest BCUT2D eigenvalue weighted by molar-refractivity contribution is -0.136. The fraction of sp³-hybridized carbons (Fsp3) is 0.393. The number of fused-ring (bicyclic) bond motifs is 1. The van der Waals surface area contributed by atoms with Gasteiger partial charge in [-0.3, -0.25) is 39.0 Å². The molecule has 0 radical (unpaired) electrons. The van der Waals surface area contributed by atoms with Crippen LogP contribution in [0.15, 0.2) is 36.5 Å². The number of nitrogens with one attached hydrogen (secondary N) is 1. The number of piperazine rings is 1. The number of unbranched alkanes of at least 4 members (excludes halogenated alkanes) is 2. The second kappa shape index (κ2) is 11.6. The SMILES string of the molecule is O=Cc1ccc(N2CCN(CCCCCOc3ccc4c(c3)C(=O)N(C3CCC(=O)NC3=O)C4=O)C(=O)C2)nc1. The minimum Gasteiger partial charge on any atom is -0.494 e. The predicted molar refractivity (Wildman–Crippen MR) is 141 cm³/mol. The number of ether oxygens (including phenoxy) is 1. The predicted octanol–water partition coefficient (Wildman–Crippen LogP) is 1.19. The summed E-state index contributed by atoms with van der Waals surface area (Å²) in [5.41, 5.74) is 0.884. The van der Waals surface area contributed by atoms with Crippen LogP contribution in [0.5, 0.6) is 5.75 Å². The maximum absolute atomic E-state index is 12.9. The number of carbonyl (C=O) groups is 6. The summed E-state index contributed by atoms with van der Waals surface area (Å²) in [6, 6.07) is 7.09. The molecular formula is C28H29N5O7. The van der Waals surface area contributed by atoms with Crippen molar-refractivity contribution < 1.29 is 33.5 Å². The van der Waals surface area contributed by atoms with Gasteiger partial charge in [0.2, 0.25) is 17.7 Å². The van der Waals surface area contributed by atoms with Crippen molar-refractivity contribution in [2.45, 2.75) is 38.1 Å². The lowest BCUT2D eigenvalue weighted by Gasteiger charge is -2.35. The van der Waals surface area contributed by atoms with Gasteiger partial charge < -0.3 is 14.5 Å². The van der Waals surface area contributed by atoms with Crippen molar-refractivity contribution in [3.05, 3.63) is 53.2 Å². The van der Waals surface area contributed by atoms with Crippen molar-refractivity contribution in [1.82, 2.24) is 20.1 Å². The van der Waals surface area contributed by atoms with E-state index in [0.717, 1.165) is 30.4 Å². The maximum atomic E-state index is 12.9. The molecule has 12 nitrogen and oxygen atoms in total. The van der Waals surface area contributed by atoms with Crippen LogP contribution in [0.1, 0.15) is 63.2 Å². The van der Waals surface area contributed by atoms with Gasteiger partial charge in [0, 0.05) is 37.8 Å². The minimum absolute atomic E-state index is 0.0347. The number of anilines is 1. The molecule has 2 saturated heterocycles. The summed E-state index contributed by atoms with van der Waals surface area (Å²) in [5.74, 6) is -1.02. The number of rotatable bonds is 10. The van der Waals surface area contributed by atoms with Crippen LogP contribution >= 0.6 is 0 Å². The third kappa shape index (κ3) is 5.56. The van der Waals surface area contributed by atoms with E-state index in [4.69, 9.17) is 4.74 Å². The average Bonchev–Trinajstić information content (AvgIpc) is 3.20. The number of pyridine rings is 1. The lowest BCUT2D eigenvalue weighted by atomic mass is 10.0. The third-order valence-electron chi connectivity index (χ3n) is 7.30. The minimum atomic E-state index is -1.00. The molecule has 1 aromatic heterocycles. The first-order chi connectivity index (χ1) is 19.4. The Labute approximate surface area is 230 Å². The zero-order valence-corrected chi connectivity index (χ0v) is 21.8. The molecule has 2 fully saturated rings. The number of aromatic nitrogens is 1. The van der Waals surface area contributed by atoms with Gasteiger partial charge in [-0.25, -0.2) is 4.98 Å². The van der Waals surface area contributed by atoms with E-state index < -0.39 is 29.7 Å². The molecule has 5 amide bonds. The molecule has 208 valence electrons. The van der Waals surface area contributed by atoms with Gasteiger partial charge in [0.1, 0.15) is 17.6 Å². The van der Waals surface area contributed by atoms with Gasteiger partial charge >= 0.3 is 0 Å². The van der Waals surface area contributed by atoms with Crippen molar-refractivity contribution in [1.29, 1.82) is 0 Å². The highest BCUT2D eigenvalue weighted by atomic mass is 16.5. The van der Waals surface area contributed by atoms with E-state index >= 15 is 0 Å². The fourth-order valence-corrected chi connectivity index (χ4v) is 5.11. The van der Waals surface area contributed by atoms with Crippen LogP contribution in [-0.2, 0) is 14.4 Å². The number of hydrogen-bond donors (Lipinski definition) is 1. The van der Waals surface area contributed by atoms with E-state index in [9.17, 15) is 28.8 Å². The Morgan fingerprint density at radius 2 is 1.80 bits per heavy atom. The van der Waals surface area contributed by atoms with E-state index in [2.05, 4.69) is 10.3 Å². The first-order valence-corrected chi connectivity index (χ1v) is 13.3. The van der Waals surface area contributed by atoms with Crippen LogP contribution in [0.3, 0.4) is 0 Å². The van der Waals surface area contributed by atoms with Crippen LogP contribution in [-0.4, -0.2) is 89.4 Å². The molecule has 1 atom stereocenters. The smallest absolute Gasteiger partial charge is 0.262 e. The normalized spacial score (nSPS) is 19.1. The molecule has 1 unspecified atom stereocenters. The van der Waals surface area contributed by atoms with Crippen molar-refractivity contribution in [3.8, 4) is 5.75 Å². The Bertz CT molecular complexity index is 1360. The van der Waals surface area contributed by atoms with Crippen LogP contribution in [0.2, 0.25) is 0 Å². The van der Waals surface area contributed by atoms with Crippen LogP contribution in [0.4, 0.5) is 5.82 Å². The van der Waals surface area contributed by atoms with Crippen molar-refractivity contribution in [2.24, 2.45) is 0 Å². The average molecular weight is 548 g/mol. The fourth-order valence-electron chi connectivity index (χ4n) is 5.11. The molecule has 0 saturated carbocycles. The molecule has 5 rings (SSSR count). The van der Waals surface area contributed by atoms with Crippen LogP contribution in [0, 0.1) is 0 Å². The summed E-state index contributed by atoms with van der Waals surface area (Å²) in [4.78, 5) is 81.7. The Morgan fingerprint density at radius 1 is 0.975 bits per heavy atom. The van der Waals surface area contributed by atoms with E-state index in [1.54, 1.807) is 18.2 Å². The number of carbonyl (C=O) groups excluding carboxylic acids is 6. The largest absolute Gasteiger partial charge is 0.494 e. The second-order valence-electron chi connectivity index (χ2n) is 9.93. The summed E-state index contributed by atoms with van der Waals surface area (Å²) in [7, 11) is 0. The number of hydrogen-bond acceptors (Lipinski definition) is 9. The molecule has 12 heteroatoms. The molecule has 0 bridgehead atoms. The van der Waals surface area contributed by atoms with E-state index in [1.165, 1.54) is 18.3 Å². The molecular weight excluding hydrogens is 518 g/mol. The molecule has 4 heterocycles. The summed E-state index contributed by atoms with van der Waals surface area (Å²) in [5, 5.41) is 2.18. The third-order valence-corrected chi connectivity index (χ3v) is 7.30. The lowest BCUT2D eigenvalue weighted by Crippen LogP contribution is -2.54. The topological polar surface area (TPSA) is 146 Å². The summed E-state index contributed by atoms with van der Waals surface area (Å²) in [6.07, 6.45) is 4.81. The first kappa shape index (κ1) is 27.0. The molecule has 0 spiro atoms. The highest BCUT2D eigenvalue weighted by Crippen LogP contribution is 2.30. The summed E-state index contributed by atoms with van der Waals surface area (Å²) >= 11 is 0. The molecule has 1 N–H and O–H groups in total. The first-order valence-electron chi connectivity index (χ1n) is 13.3. The van der Waals surface area contributed by atoms with Gasteiger partial charge in [0.05, 0.1) is 24.3 Å². The van der Waals surface area contributed by atoms with Gasteiger partial charge in [0.15, 0.2) is 6.29 Å². The Kier molecular flexibility index (Phi) is 7.85. The Morgan fingerprint density at radius 3 is 2.52 bits per heavy atom. The van der Waals surface area contributed by atoms with Gasteiger partial charge in [-0.05, 0) is 56.0 Å². The van der Waals surface area contributed by atoms with Gasteiger partial charge in [0.25, 0.3) is 11.8 Å². The van der Waals surface area contributed by atoms with Crippen molar-refractivity contribution in [3.63, 3.8) is 0 Å². The van der Waals surface area contributed by atoms with Crippen LogP contribution < -0.4 is 15.0 Å². The second-order valence-corrected chi connectivity index (χ2v) is 9.93. The van der Waals surface area contributed by atoms with Crippen LogP contribution in [0.25, 0.3) is 0 Å². The molecule has 0 aliphatic carbocycles. The Hall–Kier alpha value is -4.61. The molecule has 3 aliphatic heterocycles. The number of piperidine rings is 1. The molecule has 40 heavy (non-hydrogen) atoms. The van der Waals surface area contributed by atoms with E-state index in [1.807, 2.05) is 9.80 Å². The van der Waals surface area contributed by atoms with Gasteiger partial charge in [-0.2, -0.15) is 0 Å². The Balaban J connectivity index is 1.04. The molecule has 3 aliphatic rings. The van der Waals surface area contributed by atoms with Crippen molar-refractivity contribution >= 4 is 41.6 Å². The number of amides is 5. The summed E-state index contributed by atoms with van der Waals surface area (Å²) < 4.78 is 5.80. The number of imide groups is 2. The number of aldehydes is 1. The highest BCUT2D eigenvalue weighted by Gasteiger charge is 2.44. The van der Waals surface area contributed by atoms with E-state index in [-0.39, 0.29) is 36.4 Å². The zero-order valence-electron chi connectivity index (χ0n) is 21.8. The zero-order chi connectivity index (χ0) is 28.2. The molecule has 1 aromatic carbocycles. The maximum Gasteiger partial charge on any atom is 0.262 e. The number of benzene rings is 1. The quantitative estimate of drug-likeness (QED) is 0.263. The standard InChI is InChI=1S/C28H29N5O7/c34-17-18-4-8-23(29-15-18)32-12-11-31(25(36)16-32)10-2-1-3-13-40-19-5-6-20-21(14-19)28(39)33(27(20)38)22-7-9-24(35)30-26(22)37/h4-6,8,14-15,17,22H,1-3,7,9-13,16H2,(H,30,35,37). The molecule has 2 aromatic rings. The number of nitrogens with zero attached hydrogens (tertiary/aromatic N) is 4.